The van der Waals surface area contributed by atoms with E-state index in [2.05, 4.69) is 21.6 Å². The molecule has 0 spiro atoms. The van der Waals surface area contributed by atoms with Crippen molar-refractivity contribution in [2.24, 2.45) is 5.92 Å². The van der Waals surface area contributed by atoms with Gasteiger partial charge in [-0.1, -0.05) is 6.92 Å². The lowest BCUT2D eigenvalue weighted by Crippen LogP contribution is -2.15. The monoisotopic (exact) mass is 262 g/mol. The van der Waals surface area contributed by atoms with E-state index < -0.39 is 5.97 Å². The predicted octanol–water partition coefficient (Wildman–Crippen LogP) is 1.88. The molecule has 1 unspecified atom stereocenters. The van der Waals surface area contributed by atoms with Gasteiger partial charge < -0.3 is 10.4 Å². The Morgan fingerprint density at radius 2 is 2.16 bits per heavy atom. The van der Waals surface area contributed by atoms with Crippen molar-refractivity contribution in [3.05, 3.63) is 16.8 Å². The van der Waals surface area contributed by atoms with Crippen LogP contribution in [-0.4, -0.2) is 27.8 Å². The summed E-state index contributed by atoms with van der Waals surface area (Å²) in [6.07, 6.45) is 0.731. The van der Waals surface area contributed by atoms with Gasteiger partial charge in [-0.15, -0.1) is 5.10 Å². The summed E-state index contributed by atoms with van der Waals surface area (Å²) in [6.45, 7) is 6.17. The molecule has 2 N–H and O–H groups in total. The zero-order valence-corrected chi connectivity index (χ0v) is 11.4. The van der Waals surface area contributed by atoms with E-state index in [0.29, 0.717) is 24.3 Å². The van der Waals surface area contributed by atoms with E-state index in [1.807, 2.05) is 20.8 Å². The molecule has 1 heterocycles. The van der Waals surface area contributed by atoms with E-state index in [1.165, 1.54) is 0 Å². The van der Waals surface area contributed by atoms with Gasteiger partial charge in [0.05, 0.1) is 5.69 Å². The Hall–Kier alpha value is -2.16. The molecular weight excluding hydrogens is 244 g/mol. The highest BCUT2D eigenvalue weighted by atomic mass is 16.4. The van der Waals surface area contributed by atoms with Gasteiger partial charge in [0.1, 0.15) is 11.6 Å². The van der Waals surface area contributed by atoms with Crippen molar-refractivity contribution in [1.29, 1.82) is 5.26 Å². The third-order valence-corrected chi connectivity index (χ3v) is 3.04. The first-order valence-corrected chi connectivity index (χ1v) is 6.15. The molecule has 1 atom stereocenters. The highest BCUT2D eigenvalue weighted by molar-refractivity contribution is 5.66. The summed E-state index contributed by atoms with van der Waals surface area (Å²) in [7, 11) is 0. The summed E-state index contributed by atoms with van der Waals surface area (Å²) in [6, 6.07) is 2.12. The molecule has 0 saturated carbocycles. The van der Waals surface area contributed by atoms with E-state index in [4.69, 9.17) is 10.4 Å². The Morgan fingerprint density at radius 1 is 1.47 bits per heavy atom. The average Bonchev–Trinajstić information content (AvgIpc) is 2.37. The molecular formula is C13H18N4O2. The number of nitrogens with one attached hydrogen (secondary N) is 1. The minimum atomic E-state index is -0.796. The third kappa shape index (κ3) is 4.21. The summed E-state index contributed by atoms with van der Waals surface area (Å²) in [5, 5.41) is 28.8. The second kappa shape index (κ2) is 6.69. The molecule has 0 aliphatic rings. The van der Waals surface area contributed by atoms with E-state index in [0.717, 1.165) is 11.3 Å². The number of rotatable bonds is 6. The zero-order valence-electron chi connectivity index (χ0n) is 11.4. The molecule has 0 fully saturated rings. The number of nitriles is 1. The zero-order chi connectivity index (χ0) is 14.4. The largest absolute Gasteiger partial charge is 0.481 e. The standard InChI is InChI=1S/C13H18N4O2/c1-8(4-5-12(18)19)7-15-13-11(6-14)9(2)10(3)16-17-13/h8H,4-5,7H2,1-3H3,(H,15,17)(H,18,19). The molecule has 0 amide bonds. The number of aromatic nitrogens is 2. The Kier molecular flexibility index (Phi) is 5.24. The fraction of sp³-hybridized carbons (Fsp3) is 0.538. The van der Waals surface area contributed by atoms with Crippen LogP contribution in [-0.2, 0) is 4.79 Å². The summed E-state index contributed by atoms with van der Waals surface area (Å²) >= 11 is 0. The van der Waals surface area contributed by atoms with Crippen LogP contribution in [0.1, 0.15) is 36.6 Å². The van der Waals surface area contributed by atoms with Crippen molar-refractivity contribution in [2.45, 2.75) is 33.6 Å². The summed E-state index contributed by atoms with van der Waals surface area (Å²) in [4.78, 5) is 10.5. The molecule has 0 aromatic carbocycles. The summed E-state index contributed by atoms with van der Waals surface area (Å²) < 4.78 is 0. The number of carboxylic acid groups (broad SMARTS) is 1. The van der Waals surface area contributed by atoms with Crippen molar-refractivity contribution in [1.82, 2.24) is 10.2 Å². The molecule has 1 aromatic heterocycles. The third-order valence-electron chi connectivity index (χ3n) is 3.04. The molecule has 0 bridgehead atoms. The van der Waals surface area contributed by atoms with Crippen LogP contribution in [0.2, 0.25) is 0 Å². The lowest BCUT2D eigenvalue weighted by atomic mass is 10.1. The van der Waals surface area contributed by atoms with Gasteiger partial charge in [-0.05, 0) is 31.7 Å². The van der Waals surface area contributed by atoms with Crippen LogP contribution in [0.25, 0.3) is 0 Å². The van der Waals surface area contributed by atoms with Crippen molar-refractivity contribution in [2.75, 3.05) is 11.9 Å². The second-order valence-electron chi connectivity index (χ2n) is 4.66. The molecule has 6 nitrogen and oxygen atoms in total. The number of hydrogen-bond acceptors (Lipinski definition) is 5. The number of aryl methyl sites for hydroxylation is 1. The number of nitrogens with zero attached hydrogens (tertiary/aromatic N) is 3. The highest BCUT2D eigenvalue weighted by Gasteiger charge is 2.12. The average molecular weight is 262 g/mol. The van der Waals surface area contributed by atoms with Crippen LogP contribution >= 0.6 is 0 Å². The first kappa shape index (κ1) is 14.9. The van der Waals surface area contributed by atoms with Crippen LogP contribution in [0.15, 0.2) is 0 Å². The molecule has 0 aliphatic heterocycles. The molecule has 6 heteroatoms. The number of aliphatic carboxylic acids is 1. The van der Waals surface area contributed by atoms with Crippen LogP contribution in [0.5, 0.6) is 0 Å². The fourth-order valence-corrected chi connectivity index (χ4v) is 1.61. The minimum Gasteiger partial charge on any atom is -0.481 e. The van der Waals surface area contributed by atoms with Crippen LogP contribution in [0, 0.1) is 31.1 Å². The SMILES string of the molecule is Cc1nnc(NCC(C)CCC(=O)O)c(C#N)c1C. The number of carbonyl (C=O) groups is 1. The smallest absolute Gasteiger partial charge is 0.303 e. The van der Waals surface area contributed by atoms with E-state index >= 15 is 0 Å². The Labute approximate surface area is 112 Å². The number of hydrogen-bond donors (Lipinski definition) is 2. The number of anilines is 1. The summed E-state index contributed by atoms with van der Waals surface area (Å²) in [5.41, 5.74) is 2.05. The first-order valence-electron chi connectivity index (χ1n) is 6.15. The van der Waals surface area contributed by atoms with Crippen LogP contribution in [0.3, 0.4) is 0 Å². The van der Waals surface area contributed by atoms with Crippen molar-refractivity contribution >= 4 is 11.8 Å². The molecule has 0 radical (unpaired) electrons. The van der Waals surface area contributed by atoms with E-state index in [9.17, 15) is 4.79 Å². The van der Waals surface area contributed by atoms with Gasteiger partial charge >= 0.3 is 5.97 Å². The van der Waals surface area contributed by atoms with Gasteiger partial charge in [0.25, 0.3) is 0 Å². The van der Waals surface area contributed by atoms with Gasteiger partial charge in [-0.3, -0.25) is 4.79 Å². The topological polar surface area (TPSA) is 98.9 Å². The quantitative estimate of drug-likeness (QED) is 0.812. The second-order valence-corrected chi connectivity index (χ2v) is 4.66. The molecule has 102 valence electrons. The van der Waals surface area contributed by atoms with E-state index in [-0.39, 0.29) is 12.3 Å². The van der Waals surface area contributed by atoms with Gasteiger partial charge in [0.2, 0.25) is 0 Å². The Balaban J connectivity index is 2.66. The molecule has 0 aliphatic carbocycles. The maximum absolute atomic E-state index is 10.5. The van der Waals surface area contributed by atoms with Gasteiger partial charge in [-0.25, -0.2) is 0 Å². The van der Waals surface area contributed by atoms with Crippen LogP contribution < -0.4 is 5.32 Å². The van der Waals surface area contributed by atoms with Crippen molar-refractivity contribution in [3.63, 3.8) is 0 Å². The first-order chi connectivity index (χ1) is 8.95. The van der Waals surface area contributed by atoms with Crippen molar-refractivity contribution in [3.8, 4) is 6.07 Å². The fourth-order valence-electron chi connectivity index (χ4n) is 1.61. The number of carboxylic acids is 1. The van der Waals surface area contributed by atoms with E-state index in [1.54, 1.807) is 0 Å². The Morgan fingerprint density at radius 3 is 2.74 bits per heavy atom. The molecule has 1 rings (SSSR count). The normalized spacial score (nSPS) is 11.7. The van der Waals surface area contributed by atoms with Crippen LogP contribution in [0.4, 0.5) is 5.82 Å². The predicted molar refractivity (Wildman–Crippen MR) is 70.7 cm³/mol. The summed E-state index contributed by atoms with van der Waals surface area (Å²) in [5.74, 6) is -0.144. The molecule has 0 saturated heterocycles. The minimum absolute atomic E-state index is 0.145. The lowest BCUT2D eigenvalue weighted by Gasteiger charge is -2.13. The van der Waals surface area contributed by atoms with Gasteiger partial charge in [0.15, 0.2) is 5.82 Å². The van der Waals surface area contributed by atoms with Gasteiger partial charge in [-0.2, -0.15) is 10.4 Å². The maximum Gasteiger partial charge on any atom is 0.303 e. The maximum atomic E-state index is 10.5. The molecule has 1 aromatic rings. The molecule has 19 heavy (non-hydrogen) atoms. The Bertz CT molecular complexity index is 508. The lowest BCUT2D eigenvalue weighted by molar-refractivity contribution is -0.137. The van der Waals surface area contributed by atoms with Crippen molar-refractivity contribution < 1.29 is 9.90 Å². The highest BCUT2D eigenvalue weighted by Crippen LogP contribution is 2.17. The van der Waals surface area contributed by atoms with Gasteiger partial charge in [0, 0.05) is 13.0 Å².